The van der Waals surface area contributed by atoms with Gasteiger partial charge in [-0.3, -0.25) is 9.11 Å². The van der Waals surface area contributed by atoms with Crippen molar-refractivity contribution in [3.63, 3.8) is 0 Å². The van der Waals surface area contributed by atoms with Crippen LogP contribution in [0.1, 0.15) is 24.4 Å². The fraction of sp³-hybridized carbons (Fsp3) is 0.364. The van der Waals surface area contributed by atoms with Crippen LogP contribution in [0.3, 0.4) is 0 Å². The summed E-state index contributed by atoms with van der Waals surface area (Å²) in [6, 6.07) is 5.52. The quantitative estimate of drug-likeness (QED) is 0.341. The summed E-state index contributed by atoms with van der Waals surface area (Å²) in [6.07, 6.45) is 1.81. The summed E-state index contributed by atoms with van der Waals surface area (Å²) in [6.45, 7) is 0.670. The van der Waals surface area contributed by atoms with E-state index in [2.05, 4.69) is 4.99 Å². The molecule has 1 aromatic carbocycles. The molecule has 0 spiro atoms. The number of halogens is 1. The van der Waals surface area contributed by atoms with Crippen molar-refractivity contribution < 1.29 is 22.3 Å². The zero-order chi connectivity index (χ0) is 16.0. The van der Waals surface area contributed by atoms with Gasteiger partial charge in [-0.1, -0.05) is 17.7 Å². The van der Waals surface area contributed by atoms with Crippen LogP contribution in [0.15, 0.2) is 23.2 Å². The molecule has 1 aliphatic rings. The Morgan fingerprint density at radius 2 is 2.00 bits per heavy atom. The molecule has 10 heteroatoms. The lowest BCUT2D eigenvalue weighted by atomic mass is 10.0. The smallest absolute Gasteiger partial charge is 0.394 e. The van der Waals surface area contributed by atoms with Crippen LogP contribution in [0.25, 0.3) is 0 Å². The second-order valence-electron chi connectivity index (χ2n) is 4.19. The predicted octanol–water partition coefficient (Wildman–Crippen LogP) is 1.17. The van der Waals surface area contributed by atoms with Crippen molar-refractivity contribution >= 4 is 28.0 Å². The van der Waals surface area contributed by atoms with Gasteiger partial charge in [0.15, 0.2) is 5.96 Å². The van der Waals surface area contributed by atoms with Gasteiger partial charge in [-0.2, -0.15) is 8.42 Å². The zero-order valence-electron chi connectivity index (χ0n) is 10.9. The molecule has 0 aromatic heterocycles. The molecule has 1 unspecified atom stereocenters. The predicted molar refractivity (Wildman–Crippen MR) is 78.9 cm³/mol. The Labute approximate surface area is 127 Å². The minimum absolute atomic E-state index is 0.0280. The highest BCUT2D eigenvalue weighted by atomic mass is 35.5. The van der Waals surface area contributed by atoms with Gasteiger partial charge in [0.25, 0.3) is 0 Å². The highest BCUT2D eigenvalue weighted by Crippen LogP contribution is 2.35. The number of nitrogens with two attached hydrogens (primary N) is 2. The third kappa shape index (κ3) is 7.14. The molecule has 2 rings (SSSR count). The summed E-state index contributed by atoms with van der Waals surface area (Å²) in [7, 11) is -4.67. The molecule has 6 N–H and O–H groups in total. The van der Waals surface area contributed by atoms with Gasteiger partial charge in [0.05, 0.1) is 12.6 Å². The monoisotopic (exact) mass is 337 g/mol. The van der Waals surface area contributed by atoms with Gasteiger partial charge in [-0.15, -0.1) is 0 Å². The van der Waals surface area contributed by atoms with Gasteiger partial charge in [-0.05, 0) is 25.0 Å². The molecule has 1 aromatic rings. The fourth-order valence-electron chi connectivity index (χ4n) is 1.84. The normalized spacial score (nSPS) is 17.4. The van der Waals surface area contributed by atoms with Gasteiger partial charge < -0.3 is 16.2 Å². The van der Waals surface area contributed by atoms with Crippen LogP contribution >= 0.6 is 11.6 Å². The van der Waals surface area contributed by atoms with Gasteiger partial charge in [0.2, 0.25) is 0 Å². The van der Waals surface area contributed by atoms with E-state index in [1.807, 2.05) is 12.1 Å². The molecule has 0 bridgehead atoms. The van der Waals surface area contributed by atoms with Crippen LogP contribution < -0.4 is 16.2 Å². The van der Waals surface area contributed by atoms with Crippen LogP contribution in [-0.4, -0.2) is 30.1 Å². The minimum Gasteiger partial charge on any atom is -0.493 e. The van der Waals surface area contributed by atoms with Crippen LogP contribution in [-0.2, 0) is 10.4 Å². The van der Waals surface area contributed by atoms with E-state index in [0.29, 0.717) is 11.6 Å². The molecular weight excluding hydrogens is 322 g/mol. The Balaban J connectivity index is 0.000000383. The van der Waals surface area contributed by atoms with Gasteiger partial charge in [0, 0.05) is 10.6 Å². The first-order valence-corrected chi connectivity index (χ1v) is 7.65. The largest absolute Gasteiger partial charge is 0.493 e. The van der Waals surface area contributed by atoms with Crippen molar-refractivity contribution in [1.29, 1.82) is 0 Å². The molecule has 1 atom stereocenters. The molecule has 0 saturated heterocycles. The summed E-state index contributed by atoms with van der Waals surface area (Å²) in [5, 5.41) is 0.657. The molecule has 0 amide bonds. The standard InChI is InChI=1S/C11H14ClN3O.H2O4S/c12-7-3-4-8-9(15-11(13)14)2-1-5-16-10(8)6-7;1-5(2,3)4/h3-4,6,9H,1-2,5H2,(H4,13,14,15);(H2,1,2,3,4). The number of ether oxygens (including phenoxy) is 1. The van der Waals surface area contributed by atoms with Crippen molar-refractivity contribution in [1.82, 2.24) is 0 Å². The Morgan fingerprint density at radius 1 is 1.38 bits per heavy atom. The van der Waals surface area contributed by atoms with E-state index in [1.54, 1.807) is 6.07 Å². The number of rotatable bonds is 1. The van der Waals surface area contributed by atoms with E-state index in [0.717, 1.165) is 24.2 Å². The van der Waals surface area contributed by atoms with E-state index in [-0.39, 0.29) is 12.0 Å². The average Bonchev–Trinajstić information content (AvgIpc) is 2.48. The van der Waals surface area contributed by atoms with E-state index < -0.39 is 10.4 Å². The summed E-state index contributed by atoms with van der Waals surface area (Å²) in [5.74, 6) is 0.882. The first-order chi connectivity index (χ1) is 9.66. The van der Waals surface area contributed by atoms with E-state index in [1.165, 1.54) is 0 Å². The highest BCUT2D eigenvalue weighted by Gasteiger charge is 2.19. The lowest BCUT2D eigenvalue weighted by Crippen LogP contribution is -2.23. The average molecular weight is 338 g/mol. The van der Waals surface area contributed by atoms with Crippen molar-refractivity contribution in [2.75, 3.05) is 6.61 Å². The summed E-state index contributed by atoms with van der Waals surface area (Å²) >= 11 is 5.92. The molecule has 0 saturated carbocycles. The molecular formula is C11H16ClN3O5S. The lowest BCUT2D eigenvalue weighted by molar-refractivity contribution is 0.316. The number of nitrogens with zero attached hydrogens (tertiary/aromatic N) is 1. The second kappa shape index (κ2) is 7.46. The fourth-order valence-corrected chi connectivity index (χ4v) is 2.00. The van der Waals surface area contributed by atoms with Crippen molar-refractivity contribution in [2.24, 2.45) is 16.5 Å². The number of aliphatic imine (C=N–C) groups is 1. The van der Waals surface area contributed by atoms with Crippen LogP contribution in [0.2, 0.25) is 5.02 Å². The van der Waals surface area contributed by atoms with Crippen molar-refractivity contribution in [3.8, 4) is 5.75 Å². The third-order valence-corrected chi connectivity index (χ3v) is 2.75. The summed E-state index contributed by atoms with van der Waals surface area (Å²) < 4.78 is 37.2. The Morgan fingerprint density at radius 3 is 2.57 bits per heavy atom. The third-order valence-electron chi connectivity index (χ3n) is 2.52. The summed E-state index contributed by atoms with van der Waals surface area (Å²) in [5.41, 5.74) is 11.8. The number of benzene rings is 1. The molecule has 0 radical (unpaired) electrons. The maximum atomic E-state index is 8.74. The van der Waals surface area contributed by atoms with E-state index in [4.69, 9.17) is 45.3 Å². The first kappa shape index (κ1) is 17.5. The lowest BCUT2D eigenvalue weighted by Gasteiger charge is -2.12. The molecule has 21 heavy (non-hydrogen) atoms. The van der Waals surface area contributed by atoms with Crippen molar-refractivity contribution in [3.05, 3.63) is 28.8 Å². The Bertz CT molecular complexity index is 608. The molecule has 118 valence electrons. The number of fused-ring (bicyclic) bond motifs is 1. The maximum Gasteiger partial charge on any atom is 0.394 e. The van der Waals surface area contributed by atoms with Gasteiger partial charge in [0.1, 0.15) is 5.75 Å². The number of guanidine groups is 1. The van der Waals surface area contributed by atoms with E-state index in [9.17, 15) is 0 Å². The maximum absolute atomic E-state index is 8.74. The Hall–Kier alpha value is -1.55. The number of hydrogen-bond donors (Lipinski definition) is 4. The zero-order valence-corrected chi connectivity index (χ0v) is 12.5. The topological polar surface area (TPSA) is 148 Å². The molecule has 0 aliphatic carbocycles. The molecule has 0 fully saturated rings. The van der Waals surface area contributed by atoms with Crippen molar-refractivity contribution in [2.45, 2.75) is 18.9 Å². The van der Waals surface area contributed by atoms with Crippen LogP contribution in [0.4, 0.5) is 0 Å². The Kier molecular flexibility index (Phi) is 6.21. The van der Waals surface area contributed by atoms with E-state index >= 15 is 0 Å². The SMILES string of the molecule is NC(N)=NC1CCCOc2cc(Cl)ccc21.O=S(=O)(O)O. The van der Waals surface area contributed by atoms with Gasteiger partial charge in [-0.25, -0.2) is 4.99 Å². The minimum atomic E-state index is -4.67. The van der Waals surface area contributed by atoms with Crippen LogP contribution in [0.5, 0.6) is 5.75 Å². The number of hydrogen-bond acceptors (Lipinski definition) is 4. The van der Waals surface area contributed by atoms with Crippen LogP contribution in [0, 0.1) is 0 Å². The first-order valence-electron chi connectivity index (χ1n) is 5.87. The highest BCUT2D eigenvalue weighted by molar-refractivity contribution is 7.79. The molecule has 1 aliphatic heterocycles. The molecule has 8 nitrogen and oxygen atoms in total. The molecule has 1 heterocycles. The summed E-state index contributed by atoms with van der Waals surface area (Å²) in [4.78, 5) is 4.22. The second-order valence-corrected chi connectivity index (χ2v) is 5.52. The van der Waals surface area contributed by atoms with Gasteiger partial charge >= 0.3 is 10.4 Å².